The zero-order valence-corrected chi connectivity index (χ0v) is 13.2. The SMILES string of the molecule is CC(=O)N(CCC(=O)Nc1ccc(F)cc1)c1ccc(F)c(F)c1F. The van der Waals surface area contributed by atoms with Gasteiger partial charge in [-0.3, -0.25) is 9.59 Å². The van der Waals surface area contributed by atoms with Crippen molar-refractivity contribution >= 4 is 23.2 Å². The molecule has 2 aromatic carbocycles. The van der Waals surface area contributed by atoms with E-state index >= 15 is 0 Å². The predicted molar refractivity (Wildman–Crippen MR) is 84.0 cm³/mol. The first-order valence-electron chi connectivity index (χ1n) is 7.26. The minimum atomic E-state index is -1.69. The molecule has 0 radical (unpaired) electrons. The van der Waals surface area contributed by atoms with Crippen molar-refractivity contribution in [1.29, 1.82) is 0 Å². The van der Waals surface area contributed by atoms with Crippen molar-refractivity contribution in [3.63, 3.8) is 0 Å². The molecule has 132 valence electrons. The van der Waals surface area contributed by atoms with Gasteiger partial charge < -0.3 is 10.2 Å². The molecule has 4 nitrogen and oxygen atoms in total. The van der Waals surface area contributed by atoms with Gasteiger partial charge in [0.15, 0.2) is 17.5 Å². The number of anilines is 2. The Morgan fingerprint density at radius 3 is 2.20 bits per heavy atom. The smallest absolute Gasteiger partial charge is 0.226 e. The van der Waals surface area contributed by atoms with Crippen LogP contribution in [0.2, 0.25) is 0 Å². The van der Waals surface area contributed by atoms with Gasteiger partial charge in [-0.2, -0.15) is 0 Å². The Hall–Kier alpha value is -2.90. The van der Waals surface area contributed by atoms with Crippen LogP contribution in [0.1, 0.15) is 13.3 Å². The average molecular weight is 354 g/mol. The highest BCUT2D eigenvalue weighted by molar-refractivity contribution is 5.94. The van der Waals surface area contributed by atoms with Gasteiger partial charge in [0.05, 0.1) is 5.69 Å². The number of nitrogens with one attached hydrogen (secondary N) is 1. The molecule has 2 aromatic rings. The molecule has 25 heavy (non-hydrogen) atoms. The van der Waals surface area contributed by atoms with Crippen LogP contribution in [-0.2, 0) is 9.59 Å². The standard InChI is InChI=1S/C17H14F4N2O2/c1-10(24)23(14-7-6-13(19)16(20)17(14)21)9-8-15(25)22-12-4-2-11(18)3-5-12/h2-7H,8-9H2,1H3,(H,22,25). The summed E-state index contributed by atoms with van der Waals surface area (Å²) >= 11 is 0. The molecule has 0 saturated carbocycles. The predicted octanol–water partition coefficient (Wildman–Crippen LogP) is 3.62. The molecule has 0 saturated heterocycles. The maximum atomic E-state index is 13.8. The first-order chi connectivity index (χ1) is 11.8. The summed E-state index contributed by atoms with van der Waals surface area (Å²) in [4.78, 5) is 24.4. The van der Waals surface area contributed by atoms with Crippen LogP contribution >= 0.6 is 0 Å². The first-order valence-corrected chi connectivity index (χ1v) is 7.26. The van der Waals surface area contributed by atoms with Crippen LogP contribution in [-0.4, -0.2) is 18.4 Å². The zero-order chi connectivity index (χ0) is 18.6. The van der Waals surface area contributed by atoms with E-state index in [2.05, 4.69) is 5.32 Å². The van der Waals surface area contributed by atoms with Crippen LogP contribution in [0.5, 0.6) is 0 Å². The summed E-state index contributed by atoms with van der Waals surface area (Å²) in [7, 11) is 0. The molecule has 0 aliphatic heterocycles. The summed E-state index contributed by atoms with van der Waals surface area (Å²) in [5.74, 6) is -6.19. The fraction of sp³-hybridized carbons (Fsp3) is 0.176. The van der Waals surface area contributed by atoms with Gasteiger partial charge in [-0.1, -0.05) is 0 Å². The molecule has 1 N–H and O–H groups in total. The number of amides is 2. The summed E-state index contributed by atoms with van der Waals surface area (Å²) < 4.78 is 53.0. The van der Waals surface area contributed by atoms with Crippen molar-refractivity contribution in [2.24, 2.45) is 0 Å². The summed E-state index contributed by atoms with van der Waals surface area (Å²) in [6, 6.07) is 6.65. The monoisotopic (exact) mass is 354 g/mol. The molecule has 0 bridgehead atoms. The molecule has 2 rings (SSSR count). The second-order valence-corrected chi connectivity index (χ2v) is 5.17. The Morgan fingerprint density at radius 2 is 1.60 bits per heavy atom. The molecular weight excluding hydrogens is 340 g/mol. The lowest BCUT2D eigenvalue weighted by molar-refractivity contribution is -0.117. The van der Waals surface area contributed by atoms with Crippen LogP contribution in [0.3, 0.4) is 0 Å². The summed E-state index contributed by atoms with van der Waals surface area (Å²) in [5, 5.41) is 2.48. The minimum Gasteiger partial charge on any atom is -0.326 e. The van der Waals surface area contributed by atoms with Crippen molar-refractivity contribution in [3.05, 3.63) is 59.7 Å². The number of carbonyl (C=O) groups is 2. The van der Waals surface area contributed by atoms with Gasteiger partial charge in [-0.05, 0) is 36.4 Å². The van der Waals surface area contributed by atoms with E-state index in [9.17, 15) is 27.2 Å². The van der Waals surface area contributed by atoms with Gasteiger partial charge in [-0.25, -0.2) is 17.6 Å². The fourth-order valence-electron chi connectivity index (χ4n) is 2.14. The minimum absolute atomic E-state index is 0.227. The number of nitrogens with zero attached hydrogens (tertiary/aromatic N) is 1. The molecule has 0 aromatic heterocycles. The summed E-state index contributed by atoms with van der Waals surface area (Å²) in [6.45, 7) is 0.864. The molecule has 2 amide bonds. The number of hydrogen-bond acceptors (Lipinski definition) is 2. The van der Waals surface area contributed by atoms with Gasteiger partial charge in [0.1, 0.15) is 5.82 Å². The second kappa shape index (κ2) is 7.78. The highest BCUT2D eigenvalue weighted by atomic mass is 19.2. The normalized spacial score (nSPS) is 10.4. The maximum Gasteiger partial charge on any atom is 0.226 e. The average Bonchev–Trinajstić information content (AvgIpc) is 2.56. The van der Waals surface area contributed by atoms with E-state index < -0.39 is 40.8 Å². The quantitative estimate of drug-likeness (QED) is 0.659. The molecule has 0 heterocycles. The van der Waals surface area contributed by atoms with Crippen molar-refractivity contribution in [2.75, 3.05) is 16.8 Å². The highest BCUT2D eigenvalue weighted by Crippen LogP contribution is 2.24. The van der Waals surface area contributed by atoms with Gasteiger partial charge in [0.2, 0.25) is 11.8 Å². The fourth-order valence-corrected chi connectivity index (χ4v) is 2.14. The van der Waals surface area contributed by atoms with E-state index in [0.29, 0.717) is 11.8 Å². The van der Waals surface area contributed by atoms with Crippen molar-refractivity contribution in [1.82, 2.24) is 0 Å². The van der Waals surface area contributed by atoms with E-state index in [0.717, 1.165) is 30.0 Å². The highest BCUT2D eigenvalue weighted by Gasteiger charge is 2.21. The molecule has 8 heteroatoms. The summed E-state index contributed by atoms with van der Waals surface area (Å²) in [6.07, 6.45) is -0.227. The second-order valence-electron chi connectivity index (χ2n) is 5.17. The number of halogens is 4. The Balaban J connectivity index is 2.07. The van der Waals surface area contributed by atoms with Gasteiger partial charge in [0, 0.05) is 25.6 Å². The Kier molecular flexibility index (Phi) is 5.74. The van der Waals surface area contributed by atoms with Crippen molar-refractivity contribution in [2.45, 2.75) is 13.3 Å². The van der Waals surface area contributed by atoms with Crippen LogP contribution in [0.25, 0.3) is 0 Å². The summed E-state index contributed by atoms with van der Waals surface area (Å²) in [5.41, 5.74) is -0.110. The van der Waals surface area contributed by atoms with E-state index in [1.54, 1.807) is 0 Å². The number of benzene rings is 2. The third-order valence-electron chi connectivity index (χ3n) is 3.38. The lowest BCUT2D eigenvalue weighted by Gasteiger charge is -2.21. The Labute approximate surface area is 141 Å². The molecule has 0 atom stereocenters. The van der Waals surface area contributed by atoms with Crippen LogP contribution in [0, 0.1) is 23.3 Å². The maximum absolute atomic E-state index is 13.8. The van der Waals surface area contributed by atoms with Crippen LogP contribution in [0.15, 0.2) is 36.4 Å². The van der Waals surface area contributed by atoms with Crippen LogP contribution in [0.4, 0.5) is 28.9 Å². The van der Waals surface area contributed by atoms with E-state index in [1.165, 1.54) is 12.1 Å². The van der Waals surface area contributed by atoms with Gasteiger partial charge in [-0.15, -0.1) is 0 Å². The molecule has 0 spiro atoms. The molecular formula is C17H14F4N2O2. The van der Waals surface area contributed by atoms with E-state index in [1.807, 2.05) is 0 Å². The molecule has 0 aliphatic carbocycles. The third kappa shape index (κ3) is 4.56. The van der Waals surface area contributed by atoms with Crippen molar-refractivity contribution < 1.29 is 27.2 Å². The van der Waals surface area contributed by atoms with E-state index in [-0.39, 0.29) is 13.0 Å². The molecule has 0 fully saturated rings. The number of carbonyl (C=O) groups excluding carboxylic acids is 2. The first kappa shape index (κ1) is 18.4. The lowest BCUT2D eigenvalue weighted by atomic mass is 10.2. The van der Waals surface area contributed by atoms with Crippen molar-refractivity contribution in [3.8, 4) is 0 Å². The largest absolute Gasteiger partial charge is 0.326 e. The molecule has 0 aliphatic rings. The van der Waals surface area contributed by atoms with Gasteiger partial charge >= 0.3 is 0 Å². The van der Waals surface area contributed by atoms with E-state index in [4.69, 9.17) is 0 Å². The van der Waals surface area contributed by atoms with Crippen LogP contribution < -0.4 is 10.2 Å². The molecule has 0 unspecified atom stereocenters. The third-order valence-corrected chi connectivity index (χ3v) is 3.38. The lowest BCUT2D eigenvalue weighted by Crippen LogP contribution is -2.33. The Bertz CT molecular complexity index is 794. The number of rotatable bonds is 5. The topological polar surface area (TPSA) is 49.4 Å². The Morgan fingerprint density at radius 1 is 0.960 bits per heavy atom. The van der Waals surface area contributed by atoms with Gasteiger partial charge in [0.25, 0.3) is 0 Å². The zero-order valence-electron chi connectivity index (χ0n) is 13.2. The number of hydrogen-bond donors (Lipinski definition) is 1.